The lowest BCUT2D eigenvalue weighted by Gasteiger charge is -2.15. The second kappa shape index (κ2) is 8.92. The van der Waals surface area contributed by atoms with Crippen molar-refractivity contribution in [1.82, 2.24) is 0 Å². The maximum Gasteiger partial charge on any atom is 0.276 e. The first-order chi connectivity index (χ1) is 16.4. The molecular weight excluding hydrogens is 516 g/mol. The molecule has 2 heterocycles. The van der Waals surface area contributed by atoms with Crippen LogP contribution >= 0.6 is 27.7 Å². The number of hydrogen-bond donors (Lipinski definition) is 2. The summed E-state index contributed by atoms with van der Waals surface area (Å²) in [6.45, 7) is 1.97. The van der Waals surface area contributed by atoms with Gasteiger partial charge >= 0.3 is 0 Å². The first-order valence-corrected chi connectivity index (χ1v) is 11.9. The fourth-order valence-corrected chi connectivity index (χ4v) is 4.79. The summed E-state index contributed by atoms with van der Waals surface area (Å²) < 4.78 is 0.814. The van der Waals surface area contributed by atoms with Gasteiger partial charge in [0.25, 0.3) is 11.8 Å². The van der Waals surface area contributed by atoms with Crippen molar-refractivity contribution in [3.05, 3.63) is 92.8 Å². The zero-order valence-electron chi connectivity index (χ0n) is 17.8. The third-order valence-corrected chi connectivity index (χ3v) is 6.68. The van der Waals surface area contributed by atoms with Crippen LogP contribution in [0, 0.1) is 6.92 Å². The van der Waals surface area contributed by atoms with Gasteiger partial charge in [-0.3, -0.25) is 14.5 Å². The van der Waals surface area contributed by atoms with Crippen LogP contribution in [0.4, 0.5) is 11.4 Å². The number of thioether (sulfide) groups is 1. The van der Waals surface area contributed by atoms with Crippen LogP contribution < -0.4 is 10.2 Å². The molecule has 7 nitrogen and oxygen atoms in total. The molecule has 0 radical (unpaired) electrons. The summed E-state index contributed by atoms with van der Waals surface area (Å²) in [4.78, 5) is 27.8. The van der Waals surface area contributed by atoms with Crippen LogP contribution in [0.1, 0.15) is 16.7 Å². The first kappa shape index (κ1) is 22.1. The molecule has 0 saturated carbocycles. The highest BCUT2D eigenvalue weighted by molar-refractivity contribution is 9.10. The molecule has 2 N–H and O–H groups in total. The Morgan fingerprint density at radius 3 is 2.47 bits per heavy atom. The van der Waals surface area contributed by atoms with Gasteiger partial charge in [0.1, 0.15) is 5.75 Å². The third kappa shape index (κ3) is 4.27. The number of phenols is 1. The molecule has 168 valence electrons. The van der Waals surface area contributed by atoms with Crippen LogP contribution in [0.3, 0.4) is 0 Å². The molecule has 1 fully saturated rings. The Morgan fingerprint density at radius 1 is 1.00 bits per heavy atom. The van der Waals surface area contributed by atoms with Crippen molar-refractivity contribution in [2.24, 2.45) is 10.2 Å². The number of anilines is 2. The minimum atomic E-state index is -0.353. The number of phenolic OH excluding ortho intramolecular Hbond substituents is 1. The zero-order chi connectivity index (χ0) is 23.8. The van der Waals surface area contributed by atoms with E-state index in [1.807, 2.05) is 37.3 Å². The Kier molecular flexibility index (Phi) is 5.80. The Bertz CT molecular complexity index is 1410. The molecule has 2 aliphatic rings. The van der Waals surface area contributed by atoms with Crippen molar-refractivity contribution in [3.8, 4) is 5.75 Å². The summed E-state index contributed by atoms with van der Waals surface area (Å²) in [6.07, 6.45) is 1.73. The fourth-order valence-electron chi connectivity index (χ4n) is 3.50. The van der Waals surface area contributed by atoms with E-state index < -0.39 is 0 Å². The standard InChI is InChI=1S/C25H17BrN4O3S/c1-14-2-7-17(8-3-14)30-24(33)21(12-15-4-9-18(31)10-5-15)34-25(30)29-28-22-19-13-16(26)6-11-20(19)27-23(22)32/h2-13,31H,1H3,(H,27,28,32). The van der Waals surface area contributed by atoms with Gasteiger partial charge in [-0.15, -0.1) is 10.2 Å². The molecular formula is C25H17BrN4O3S. The number of hydrogen-bond acceptors (Lipinski definition) is 6. The lowest BCUT2D eigenvalue weighted by Crippen LogP contribution is -2.28. The number of benzene rings is 3. The Labute approximate surface area is 208 Å². The molecule has 0 spiro atoms. The highest BCUT2D eigenvalue weighted by Crippen LogP contribution is 2.36. The van der Waals surface area contributed by atoms with E-state index in [0.29, 0.717) is 27.0 Å². The fraction of sp³-hybridized carbons (Fsp3) is 0.0400. The van der Waals surface area contributed by atoms with Crippen molar-refractivity contribution < 1.29 is 14.7 Å². The van der Waals surface area contributed by atoms with E-state index in [2.05, 4.69) is 31.4 Å². The number of rotatable bonds is 3. The van der Waals surface area contributed by atoms with E-state index in [9.17, 15) is 14.7 Å². The summed E-state index contributed by atoms with van der Waals surface area (Å²) >= 11 is 4.59. The number of nitrogens with one attached hydrogen (secondary N) is 1. The SMILES string of the molecule is Cc1ccc(N2C(=O)C(=Cc3ccc(O)cc3)SC2=NN=C2C(=O)Nc3ccc(Br)cc32)cc1. The van der Waals surface area contributed by atoms with Crippen LogP contribution in [0.15, 0.2) is 86.3 Å². The van der Waals surface area contributed by atoms with Crippen LogP contribution in [0.5, 0.6) is 5.75 Å². The third-order valence-electron chi connectivity index (χ3n) is 5.22. The van der Waals surface area contributed by atoms with E-state index in [0.717, 1.165) is 15.6 Å². The average molecular weight is 533 g/mol. The molecule has 9 heteroatoms. The summed E-state index contributed by atoms with van der Waals surface area (Å²) in [5, 5.41) is 21.2. The van der Waals surface area contributed by atoms with Crippen molar-refractivity contribution in [2.75, 3.05) is 10.2 Å². The Balaban J connectivity index is 1.57. The molecule has 5 rings (SSSR count). The van der Waals surface area contributed by atoms with Crippen molar-refractivity contribution in [2.45, 2.75) is 6.92 Å². The summed E-state index contributed by atoms with van der Waals surface area (Å²) in [5.74, 6) is -0.456. The highest BCUT2D eigenvalue weighted by atomic mass is 79.9. The Hall–Kier alpha value is -3.69. The van der Waals surface area contributed by atoms with E-state index in [1.165, 1.54) is 16.7 Å². The number of nitrogens with zero attached hydrogens (tertiary/aromatic N) is 3. The van der Waals surface area contributed by atoms with Gasteiger partial charge in [-0.2, -0.15) is 0 Å². The molecule has 0 aliphatic carbocycles. The molecule has 3 aromatic rings. The lowest BCUT2D eigenvalue weighted by atomic mass is 10.1. The number of fused-ring (bicyclic) bond motifs is 1. The van der Waals surface area contributed by atoms with E-state index in [1.54, 1.807) is 42.5 Å². The molecule has 3 aromatic carbocycles. The van der Waals surface area contributed by atoms with Gasteiger partial charge in [0.15, 0.2) is 5.71 Å². The van der Waals surface area contributed by atoms with E-state index >= 15 is 0 Å². The maximum atomic E-state index is 13.3. The summed E-state index contributed by atoms with van der Waals surface area (Å²) in [5.41, 5.74) is 3.95. The molecule has 0 atom stereocenters. The Morgan fingerprint density at radius 2 is 1.74 bits per heavy atom. The van der Waals surface area contributed by atoms with Gasteiger partial charge in [-0.25, -0.2) is 0 Å². The van der Waals surface area contributed by atoms with Gasteiger partial charge in [0.2, 0.25) is 5.17 Å². The maximum absolute atomic E-state index is 13.3. The molecule has 0 bridgehead atoms. The first-order valence-electron chi connectivity index (χ1n) is 10.3. The molecule has 0 aromatic heterocycles. The summed E-state index contributed by atoms with van der Waals surface area (Å²) in [6, 6.07) is 19.5. The smallest absolute Gasteiger partial charge is 0.276 e. The number of carbonyl (C=O) groups is 2. The van der Waals surface area contributed by atoms with Gasteiger partial charge < -0.3 is 10.4 Å². The number of aromatic hydroxyl groups is 1. The highest BCUT2D eigenvalue weighted by Gasteiger charge is 2.35. The van der Waals surface area contributed by atoms with E-state index in [-0.39, 0.29) is 23.3 Å². The van der Waals surface area contributed by atoms with Crippen LogP contribution in [-0.2, 0) is 9.59 Å². The van der Waals surface area contributed by atoms with Gasteiger partial charge in [0.05, 0.1) is 16.3 Å². The quantitative estimate of drug-likeness (QED) is 0.353. The number of carbonyl (C=O) groups excluding carboxylic acids is 2. The van der Waals surface area contributed by atoms with Crippen LogP contribution in [0.25, 0.3) is 6.08 Å². The van der Waals surface area contributed by atoms with E-state index in [4.69, 9.17) is 0 Å². The van der Waals surface area contributed by atoms with Gasteiger partial charge in [-0.05, 0) is 72.8 Å². The molecule has 2 aliphatic heterocycles. The monoisotopic (exact) mass is 532 g/mol. The minimum Gasteiger partial charge on any atom is -0.508 e. The molecule has 0 unspecified atom stereocenters. The zero-order valence-corrected chi connectivity index (χ0v) is 20.2. The summed E-state index contributed by atoms with van der Waals surface area (Å²) in [7, 11) is 0. The van der Waals surface area contributed by atoms with Crippen molar-refractivity contribution in [1.29, 1.82) is 0 Å². The minimum absolute atomic E-state index is 0.147. The predicted molar refractivity (Wildman–Crippen MR) is 139 cm³/mol. The number of amides is 2. The molecule has 1 saturated heterocycles. The second-order valence-corrected chi connectivity index (χ2v) is 9.58. The average Bonchev–Trinajstić information content (AvgIpc) is 3.29. The number of amidine groups is 1. The topological polar surface area (TPSA) is 94.4 Å². The number of aryl methyl sites for hydroxylation is 1. The molecule has 34 heavy (non-hydrogen) atoms. The second-order valence-electron chi connectivity index (χ2n) is 7.65. The lowest BCUT2D eigenvalue weighted by molar-refractivity contribution is -0.113. The van der Waals surface area contributed by atoms with Gasteiger partial charge in [-0.1, -0.05) is 45.8 Å². The molecule has 2 amide bonds. The largest absolute Gasteiger partial charge is 0.508 e. The van der Waals surface area contributed by atoms with Crippen molar-refractivity contribution in [3.63, 3.8) is 0 Å². The van der Waals surface area contributed by atoms with Crippen LogP contribution in [0.2, 0.25) is 0 Å². The van der Waals surface area contributed by atoms with Crippen LogP contribution in [-0.4, -0.2) is 27.8 Å². The predicted octanol–water partition coefficient (Wildman–Crippen LogP) is 5.30. The number of halogens is 1. The van der Waals surface area contributed by atoms with Gasteiger partial charge in [0, 0.05) is 10.0 Å². The van der Waals surface area contributed by atoms with Crippen molar-refractivity contribution >= 4 is 67.8 Å². The normalized spacial score (nSPS) is 18.8.